The third-order valence-corrected chi connectivity index (χ3v) is 3.15. The molecule has 1 rings (SSSR count). The first-order chi connectivity index (χ1) is 9.45. The molecule has 108 valence electrons. The van der Waals surface area contributed by atoms with Gasteiger partial charge in [-0.25, -0.2) is 4.79 Å². The first-order valence-corrected chi connectivity index (χ1v) is 6.63. The molecule has 0 fully saturated rings. The summed E-state index contributed by atoms with van der Waals surface area (Å²) in [6.45, 7) is 4.78. The summed E-state index contributed by atoms with van der Waals surface area (Å²) in [4.78, 5) is 23.8. The molecular weight excluding hydrogens is 256 g/mol. The van der Waals surface area contributed by atoms with Crippen LogP contribution in [0.15, 0.2) is 35.9 Å². The zero-order valence-corrected chi connectivity index (χ0v) is 12.1. The Kier molecular flexibility index (Phi) is 5.65. The van der Waals surface area contributed by atoms with Crippen molar-refractivity contribution in [3.05, 3.63) is 41.5 Å². The summed E-state index contributed by atoms with van der Waals surface area (Å²) in [5, 5.41) is 10.5. The molecule has 0 amide bonds. The lowest BCUT2D eigenvalue weighted by Crippen LogP contribution is -2.41. The van der Waals surface area contributed by atoms with Crippen LogP contribution in [0.25, 0.3) is 6.08 Å². The lowest BCUT2D eigenvalue weighted by molar-refractivity contribution is -0.145. The Bertz CT molecular complexity index is 504. The van der Waals surface area contributed by atoms with Crippen molar-refractivity contribution in [2.75, 3.05) is 6.61 Å². The Morgan fingerprint density at radius 2 is 1.85 bits per heavy atom. The van der Waals surface area contributed by atoms with Gasteiger partial charge in [0.15, 0.2) is 11.4 Å². The molecule has 1 aromatic rings. The van der Waals surface area contributed by atoms with E-state index < -0.39 is 17.4 Å². The maximum absolute atomic E-state index is 12.1. The maximum Gasteiger partial charge on any atom is 0.337 e. The summed E-state index contributed by atoms with van der Waals surface area (Å²) in [5.41, 5.74) is -1.12. The lowest BCUT2D eigenvalue weighted by atomic mass is 9.86. The second-order valence-electron chi connectivity index (χ2n) is 4.46. The average molecular weight is 276 g/mol. The van der Waals surface area contributed by atoms with Crippen molar-refractivity contribution < 1.29 is 19.4 Å². The molecule has 0 aliphatic carbocycles. The molecule has 1 unspecified atom stereocenters. The minimum atomic E-state index is -1.82. The second kappa shape index (κ2) is 7.01. The third kappa shape index (κ3) is 3.54. The minimum absolute atomic E-state index is 0.0273. The molecule has 4 heteroatoms. The fourth-order valence-electron chi connectivity index (χ4n) is 1.90. The zero-order valence-electron chi connectivity index (χ0n) is 12.1. The van der Waals surface area contributed by atoms with Crippen LogP contribution < -0.4 is 0 Å². The van der Waals surface area contributed by atoms with Crippen LogP contribution in [0.5, 0.6) is 0 Å². The number of hydrogen-bond acceptors (Lipinski definition) is 4. The predicted molar refractivity (Wildman–Crippen MR) is 77.0 cm³/mol. The highest BCUT2D eigenvalue weighted by molar-refractivity contribution is 6.05. The minimum Gasteiger partial charge on any atom is -0.463 e. The van der Waals surface area contributed by atoms with E-state index in [2.05, 4.69) is 0 Å². The molecule has 0 spiro atoms. The highest BCUT2D eigenvalue weighted by Gasteiger charge is 2.39. The SMILES string of the molecule is CCOC(=O)/C(=C\c1ccccc1)C(O)(CC)C(C)=O. The molecule has 0 radical (unpaired) electrons. The van der Waals surface area contributed by atoms with Crippen LogP contribution in [0.4, 0.5) is 0 Å². The van der Waals surface area contributed by atoms with Gasteiger partial charge in [0.05, 0.1) is 12.2 Å². The van der Waals surface area contributed by atoms with Crippen molar-refractivity contribution in [2.45, 2.75) is 32.8 Å². The van der Waals surface area contributed by atoms with Gasteiger partial charge in [-0.2, -0.15) is 0 Å². The number of benzene rings is 1. The number of hydrogen-bond donors (Lipinski definition) is 1. The molecule has 1 aromatic carbocycles. The van der Waals surface area contributed by atoms with Gasteiger partial charge in [-0.1, -0.05) is 37.3 Å². The van der Waals surface area contributed by atoms with E-state index >= 15 is 0 Å². The van der Waals surface area contributed by atoms with E-state index in [0.29, 0.717) is 0 Å². The normalized spacial score (nSPS) is 14.5. The number of carbonyl (C=O) groups is 2. The van der Waals surface area contributed by atoms with Crippen LogP contribution in [-0.2, 0) is 14.3 Å². The van der Waals surface area contributed by atoms with E-state index in [4.69, 9.17) is 4.74 Å². The zero-order chi connectivity index (χ0) is 15.2. The van der Waals surface area contributed by atoms with Gasteiger partial charge in [0.2, 0.25) is 0 Å². The van der Waals surface area contributed by atoms with Crippen molar-refractivity contribution in [1.29, 1.82) is 0 Å². The number of Topliss-reactive ketones (excluding diaryl/α,β-unsaturated/α-hetero) is 1. The van der Waals surface area contributed by atoms with Crippen LogP contribution in [0, 0.1) is 0 Å². The van der Waals surface area contributed by atoms with Crippen molar-refractivity contribution in [2.24, 2.45) is 0 Å². The quantitative estimate of drug-likeness (QED) is 0.640. The summed E-state index contributed by atoms with van der Waals surface area (Å²) >= 11 is 0. The Balaban J connectivity index is 3.32. The molecule has 0 bridgehead atoms. The lowest BCUT2D eigenvalue weighted by Gasteiger charge is -2.25. The summed E-state index contributed by atoms with van der Waals surface area (Å²) in [6, 6.07) is 9.05. The monoisotopic (exact) mass is 276 g/mol. The van der Waals surface area contributed by atoms with E-state index in [0.717, 1.165) is 5.56 Å². The van der Waals surface area contributed by atoms with Gasteiger partial charge in [-0.15, -0.1) is 0 Å². The molecule has 0 heterocycles. The van der Waals surface area contributed by atoms with Crippen LogP contribution >= 0.6 is 0 Å². The van der Waals surface area contributed by atoms with Crippen molar-refractivity contribution in [1.82, 2.24) is 0 Å². The summed E-state index contributed by atoms with van der Waals surface area (Å²) < 4.78 is 4.95. The fourth-order valence-corrected chi connectivity index (χ4v) is 1.90. The first-order valence-electron chi connectivity index (χ1n) is 6.63. The summed E-state index contributed by atoms with van der Waals surface area (Å²) in [5.74, 6) is -1.15. The Morgan fingerprint density at radius 1 is 1.25 bits per heavy atom. The highest BCUT2D eigenvalue weighted by Crippen LogP contribution is 2.26. The van der Waals surface area contributed by atoms with Gasteiger partial charge < -0.3 is 9.84 Å². The Hall–Kier alpha value is -1.94. The van der Waals surface area contributed by atoms with Crippen molar-refractivity contribution >= 4 is 17.8 Å². The van der Waals surface area contributed by atoms with Crippen LogP contribution in [0.2, 0.25) is 0 Å². The fraction of sp³-hybridized carbons (Fsp3) is 0.375. The van der Waals surface area contributed by atoms with Crippen LogP contribution in [0.1, 0.15) is 32.8 Å². The van der Waals surface area contributed by atoms with Crippen molar-refractivity contribution in [3.63, 3.8) is 0 Å². The Labute approximate surface area is 119 Å². The van der Waals surface area contributed by atoms with E-state index in [1.165, 1.54) is 13.0 Å². The maximum atomic E-state index is 12.1. The largest absolute Gasteiger partial charge is 0.463 e. The van der Waals surface area contributed by atoms with E-state index in [1.807, 2.05) is 18.2 Å². The topological polar surface area (TPSA) is 63.6 Å². The summed E-state index contributed by atoms with van der Waals surface area (Å²) in [6.07, 6.45) is 1.61. The van der Waals surface area contributed by atoms with Gasteiger partial charge in [0, 0.05) is 0 Å². The van der Waals surface area contributed by atoms with Gasteiger partial charge in [0.25, 0.3) is 0 Å². The van der Waals surface area contributed by atoms with Gasteiger partial charge in [-0.3, -0.25) is 4.79 Å². The van der Waals surface area contributed by atoms with Crippen molar-refractivity contribution in [3.8, 4) is 0 Å². The molecule has 4 nitrogen and oxygen atoms in total. The van der Waals surface area contributed by atoms with E-state index in [-0.39, 0.29) is 18.6 Å². The van der Waals surface area contributed by atoms with E-state index in [1.54, 1.807) is 26.0 Å². The van der Waals surface area contributed by atoms with Crippen LogP contribution in [0.3, 0.4) is 0 Å². The average Bonchev–Trinajstić information content (AvgIpc) is 2.45. The predicted octanol–water partition coefficient (Wildman–Crippen LogP) is 2.36. The molecular formula is C16H20O4. The molecule has 20 heavy (non-hydrogen) atoms. The number of rotatable bonds is 6. The third-order valence-electron chi connectivity index (χ3n) is 3.15. The molecule has 1 atom stereocenters. The van der Waals surface area contributed by atoms with Gasteiger partial charge in [-0.05, 0) is 31.9 Å². The Morgan fingerprint density at radius 3 is 2.30 bits per heavy atom. The number of aliphatic hydroxyl groups is 1. The molecule has 0 saturated carbocycles. The second-order valence-corrected chi connectivity index (χ2v) is 4.46. The molecule has 0 saturated heterocycles. The van der Waals surface area contributed by atoms with Gasteiger partial charge in [0.1, 0.15) is 0 Å². The van der Waals surface area contributed by atoms with Gasteiger partial charge >= 0.3 is 5.97 Å². The molecule has 1 N–H and O–H groups in total. The molecule has 0 aromatic heterocycles. The number of esters is 1. The summed E-state index contributed by atoms with van der Waals surface area (Å²) in [7, 11) is 0. The number of ketones is 1. The molecule has 0 aliphatic rings. The van der Waals surface area contributed by atoms with E-state index in [9.17, 15) is 14.7 Å². The standard InChI is InChI=1S/C16H20O4/c1-4-16(19,12(3)17)14(15(18)20-5-2)11-13-9-7-6-8-10-13/h6-11,19H,4-5H2,1-3H3/b14-11+. The molecule has 0 aliphatic heterocycles. The number of ether oxygens (including phenoxy) is 1. The van der Waals surface area contributed by atoms with Crippen LogP contribution in [-0.4, -0.2) is 29.1 Å². The highest BCUT2D eigenvalue weighted by atomic mass is 16.5. The number of carbonyl (C=O) groups excluding carboxylic acids is 2. The first kappa shape index (κ1) is 16.1. The smallest absolute Gasteiger partial charge is 0.337 e.